The Hall–Kier alpha value is -2.38. The minimum atomic E-state index is -4.65. The van der Waals surface area contributed by atoms with Crippen LogP contribution in [0.25, 0.3) is 5.57 Å². The molecule has 3 aliphatic rings. The smallest absolute Gasteiger partial charge is 0.374 e. The van der Waals surface area contributed by atoms with E-state index < -0.39 is 70.2 Å². The summed E-state index contributed by atoms with van der Waals surface area (Å²) in [6.07, 6.45) is -7.44. The number of H-pyrrole nitrogens is 2. The van der Waals surface area contributed by atoms with E-state index in [0.717, 1.165) is 11.3 Å². The Balaban J connectivity index is 1.79. The normalized spacial score (nSPS) is 27.2. The number of aryl methyl sites for hydroxylation is 1. The maximum atomic E-state index is 16.5. The molecule has 2 aromatic rings. The van der Waals surface area contributed by atoms with Crippen LogP contribution >= 0.6 is 11.3 Å². The number of aromatic amines is 2. The Morgan fingerprint density at radius 1 is 1.19 bits per heavy atom. The van der Waals surface area contributed by atoms with Crippen LogP contribution in [0.5, 0.6) is 0 Å². The summed E-state index contributed by atoms with van der Waals surface area (Å²) < 4.78 is 91.2. The fraction of sp³-hybridized carbons (Fsp3) is 0.565. The molecule has 0 saturated heterocycles. The van der Waals surface area contributed by atoms with E-state index in [2.05, 4.69) is 4.98 Å². The van der Waals surface area contributed by atoms with E-state index in [0.29, 0.717) is 36.1 Å². The summed E-state index contributed by atoms with van der Waals surface area (Å²) in [4.78, 5) is 29.7. The number of methoxy groups -OCH3 is 1. The van der Waals surface area contributed by atoms with Gasteiger partial charge in [-0.3, -0.25) is 9.78 Å². The summed E-state index contributed by atoms with van der Waals surface area (Å²) in [7, 11) is 1.21. The van der Waals surface area contributed by atoms with E-state index in [1.807, 2.05) is 4.98 Å². The van der Waals surface area contributed by atoms with Crippen molar-refractivity contribution in [2.45, 2.75) is 68.2 Å². The molecule has 13 heteroatoms. The third-order valence-corrected chi connectivity index (χ3v) is 8.93. The van der Waals surface area contributed by atoms with E-state index in [1.165, 1.54) is 13.2 Å². The van der Waals surface area contributed by atoms with E-state index in [1.54, 1.807) is 0 Å². The highest BCUT2D eigenvalue weighted by molar-refractivity contribution is 7.12. The Morgan fingerprint density at radius 3 is 2.47 bits per heavy atom. The number of thiophene rings is 1. The largest absolute Gasteiger partial charge is 0.404 e. The molecule has 0 amide bonds. The van der Waals surface area contributed by atoms with Gasteiger partial charge in [0.2, 0.25) is 0 Å². The lowest BCUT2D eigenvalue weighted by molar-refractivity contribution is -0.153. The number of rotatable bonds is 5. The minimum absolute atomic E-state index is 0.181. The highest BCUT2D eigenvalue weighted by Gasteiger charge is 2.62. The lowest BCUT2D eigenvalue weighted by Gasteiger charge is -2.43. The molecule has 0 radical (unpaired) electrons. The van der Waals surface area contributed by atoms with Gasteiger partial charge in [-0.25, -0.2) is 18.0 Å². The van der Waals surface area contributed by atoms with E-state index in [-0.39, 0.29) is 17.0 Å². The van der Waals surface area contributed by atoms with Crippen LogP contribution in [0.1, 0.15) is 64.3 Å². The molecule has 36 heavy (non-hydrogen) atoms. The lowest BCUT2D eigenvalue weighted by Crippen LogP contribution is -2.45. The van der Waals surface area contributed by atoms with Gasteiger partial charge < -0.3 is 15.5 Å². The first-order valence-electron chi connectivity index (χ1n) is 11.5. The predicted octanol–water partition coefficient (Wildman–Crippen LogP) is 4.43. The molecule has 6 nitrogen and oxygen atoms in total. The molecule has 4 atom stereocenters. The molecule has 1 saturated carbocycles. The molecule has 0 aliphatic heterocycles. The molecule has 196 valence electrons. The Kier molecular flexibility index (Phi) is 6.03. The van der Waals surface area contributed by atoms with Gasteiger partial charge in [0, 0.05) is 22.8 Å². The van der Waals surface area contributed by atoms with Crippen LogP contribution in [0.15, 0.2) is 21.5 Å². The third kappa shape index (κ3) is 3.61. The van der Waals surface area contributed by atoms with Crippen LogP contribution < -0.4 is 17.0 Å². The number of ether oxygens (including phenoxy) is 1. The van der Waals surface area contributed by atoms with Gasteiger partial charge in [-0.2, -0.15) is 13.2 Å². The van der Waals surface area contributed by atoms with Gasteiger partial charge in [0.15, 0.2) is 0 Å². The predicted molar refractivity (Wildman–Crippen MR) is 120 cm³/mol. The number of alkyl halides is 5. The fourth-order valence-corrected chi connectivity index (χ4v) is 7.48. The summed E-state index contributed by atoms with van der Waals surface area (Å²) in [5.74, 6) is -2.84. The molecule has 1 fully saturated rings. The van der Waals surface area contributed by atoms with Gasteiger partial charge >= 0.3 is 11.9 Å². The number of aromatic nitrogens is 2. The second-order valence-electron chi connectivity index (χ2n) is 9.54. The SMILES string of the molecule is COC1c2[nH]c(=O)[nH]c(=O)c2C(C(F)F)=C(F)C1(c1cc2c(s1)CCCC2C(N)C(F)(F)F)C1CC1. The summed E-state index contributed by atoms with van der Waals surface area (Å²) >= 11 is 1.06. The molecular formula is C23H23F6N3O3S. The van der Waals surface area contributed by atoms with Crippen molar-refractivity contribution in [2.75, 3.05) is 7.11 Å². The van der Waals surface area contributed by atoms with Gasteiger partial charge in [0.1, 0.15) is 18.0 Å². The van der Waals surface area contributed by atoms with Crippen LogP contribution in [-0.2, 0) is 16.6 Å². The quantitative estimate of drug-likeness (QED) is 0.494. The van der Waals surface area contributed by atoms with Crippen molar-refractivity contribution in [3.8, 4) is 0 Å². The van der Waals surface area contributed by atoms with Crippen LogP contribution in [0, 0.1) is 5.92 Å². The van der Waals surface area contributed by atoms with Gasteiger partial charge in [0.05, 0.1) is 22.2 Å². The van der Waals surface area contributed by atoms with Crippen molar-refractivity contribution >= 4 is 16.9 Å². The van der Waals surface area contributed by atoms with E-state index in [9.17, 15) is 31.5 Å². The molecule has 4 unspecified atom stereocenters. The molecule has 4 N–H and O–H groups in total. The highest BCUT2D eigenvalue weighted by atomic mass is 32.1. The standard InChI is InChI=1S/C23H23F6N3O3S/c1-35-18-15-13(20(33)32-21(34)31-15)14(19(25)26)16(24)22(18,8-5-6-8)12-7-10-9(17(30)23(27,28)29)3-2-4-11(10)36-12/h7-9,17-19H,2-6,30H2,1H3,(H2,31,32,33,34). The summed E-state index contributed by atoms with van der Waals surface area (Å²) in [6.45, 7) is 0. The average Bonchev–Trinajstić information content (AvgIpc) is 3.55. The topological polar surface area (TPSA) is 101 Å². The average molecular weight is 536 g/mol. The molecule has 0 spiro atoms. The molecule has 2 heterocycles. The monoisotopic (exact) mass is 535 g/mol. The van der Waals surface area contributed by atoms with Crippen molar-refractivity contribution in [2.24, 2.45) is 11.7 Å². The van der Waals surface area contributed by atoms with Gasteiger partial charge in [-0.1, -0.05) is 0 Å². The summed E-state index contributed by atoms with van der Waals surface area (Å²) in [5.41, 5.74) is -0.185. The second kappa shape index (κ2) is 8.59. The summed E-state index contributed by atoms with van der Waals surface area (Å²) in [6, 6.07) is -0.688. The number of nitrogens with one attached hydrogen (secondary N) is 2. The number of nitrogens with two attached hydrogens (primary N) is 1. The van der Waals surface area contributed by atoms with Crippen LogP contribution in [0.4, 0.5) is 26.3 Å². The molecular weight excluding hydrogens is 512 g/mol. The molecule has 2 aromatic heterocycles. The maximum absolute atomic E-state index is 16.5. The second-order valence-corrected chi connectivity index (χ2v) is 10.7. The molecule has 3 aliphatic carbocycles. The van der Waals surface area contributed by atoms with Gasteiger partial charge in [0.25, 0.3) is 12.0 Å². The number of hydrogen-bond donors (Lipinski definition) is 3. The number of hydrogen-bond acceptors (Lipinski definition) is 5. The van der Waals surface area contributed by atoms with Crippen molar-refractivity contribution in [3.05, 3.63) is 59.3 Å². The third-order valence-electron chi connectivity index (χ3n) is 7.57. The fourth-order valence-electron chi connectivity index (χ4n) is 5.92. The molecule has 0 bridgehead atoms. The van der Waals surface area contributed by atoms with Gasteiger partial charge in [-0.15, -0.1) is 11.3 Å². The van der Waals surface area contributed by atoms with Crippen molar-refractivity contribution in [1.82, 2.24) is 9.97 Å². The lowest BCUT2D eigenvalue weighted by atomic mass is 9.67. The van der Waals surface area contributed by atoms with E-state index in [4.69, 9.17) is 10.5 Å². The summed E-state index contributed by atoms with van der Waals surface area (Å²) in [5, 5.41) is 0. The maximum Gasteiger partial charge on any atom is 0.404 e. The van der Waals surface area contributed by atoms with Gasteiger partial charge in [-0.05, 0) is 49.7 Å². The molecule has 5 rings (SSSR count). The van der Waals surface area contributed by atoms with Crippen LogP contribution in [0.2, 0.25) is 0 Å². The zero-order chi connectivity index (χ0) is 26.2. The van der Waals surface area contributed by atoms with Crippen molar-refractivity contribution in [3.63, 3.8) is 0 Å². The number of allylic oxidation sites excluding steroid dienone is 1. The Morgan fingerprint density at radius 2 is 1.89 bits per heavy atom. The van der Waals surface area contributed by atoms with E-state index >= 15 is 4.39 Å². The van der Waals surface area contributed by atoms with Crippen LogP contribution in [0.3, 0.4) is 0 Å². The van der Waals surface area contributed by atoms with Crippen molar-refractivity contribution < 1.29 is 31.1 Å². The van der Waals surface area contributed by atoms with Crippen molar-refractivity contribution in [1.29, 1.82) is 0 Å². The first-order valence-corrected chi connectivity index (χ1v) is 12.3. The zero-order valence-electron chi connectivity index (χ0n) is 19.0. The zero-order valence-corrected chi connectivity index (χ0v) is 19.8. The Labute approximate surface area is 204 Å². The number of halogens is 6. The molecule has 0 aromatic carbocycles. The minimum Gasteiger partial charge on any atom is -0.374 e. The Bertz CT molecular complexity index is 1340. The first kappa shape index (κ1) is 25.3. The number of fused-ring (bicyclic) bond motifs is 2. The van der Waals surface area contributed by atoms with Crippen LogP contribution in [-0.4, -0.2) is 35.7 Å². The highest BCUT2D eigenvalue weighted by Crippen LogP contribution is 2.64. The first-order chi connectivity index (χ1) is 16.9.